The predicted octanol–water partition coefficient (Wildman–Crippen LogP) is 6.42. The third-order valence-corrected chi connectivity index (χ3v) is 7.70. The minimum absolute atomic E-state index is 0.206. The summed E-state index contributed by atoms with van der Waals surface area (Å²) in [6.07, 6.45) is 0.751. The van der Waals surface area contributed by atoms with Crippen molar-refractivity contribution in [2.75, 3.05) is 7.11 Å². The number of thiocarbonyl (C=S) groups is 2. The average Bonchev–Trinajstić information content (AvgIpc) is 3.25. The van der Waals surface area contributed by atoms with E-state index in [1.165, 1.54) is 11.3 Å². The summed E-state index contributed by atoms with van der Waals surface area (Å²) in [5.41, 5.74) is 1.53. The largest absolute Gasteiger partial charge is 0.502 e. The number of fused-ring (bicyclic) bond motifs is 1. The van der Waals surface area contributed by atoms with Crippen molar-refractivity contribution >= 4 is 56.1 Å². The number of hydrogen-bond acceptors (Lipinski definition) is 5. The number of aromatic nitrogens is 1. The van der Waals surface area contributed by atoms with Gasteiger partial charge in [0.05, 0.1) is 23.2 Å². The Morgan fingerprint density at radius 1 is 0.970 bits per heavy atom. The van der Waals surface area contributed by atoms with Gasteiger partial charge in [-0.05, 0) is 66.6 Å². The van der Waals surface area contributed by atoms with Crippen LogP contribution in [0.15, 0.2) is 78.9 Å². The van der Waals surface area contributed by atoms with Gasteiger partial charge in [0, 0.05) is 0 Å². The molecule has 0 saturated carbocycles. The molecule has 2 N–H and O–H groups in total. The Hall–Kier alpha value is -2.87. The first-order valence-electron chi connectivity index (χ1n) is 10.4. The molecule has 4 rings (SSSR count). The highest BCUT2D eigenvalue weighted by Crippen LogP contribution is 2.43. The number of methoxy groups -OCH3 is 1. The molecule has 3 aromatic carbocycles. The lowest BCUT2D eigenvalue weighted by Crippen LogP contribution is -2.48. The molecule has 0 aliphatic carbocycles. The van der Waals surface area contributed by atoms with Crippen molar-refractivity contribution in [1.29, 1.82) is 0 Å². The second-order valence-electron chi connectivity index (χ2n) is 7.87. The van der Waals surface area contributed by atoms with E-state index in [0.29, 0.717) is 17.8 Å². The topological polar surface area (TPSA) is 62.6 Å². The van der Waals surface area contributed by atoms with E-state index < -0.39 is 11.3 Å². The van der Waals surface area contributed by atoms with E-state index in [9.17, 15) is 10.2 Å². The summed E-state index contributed by atoms with van der Waals surface area (Å²) in [4.78, 5) is 4.87. The molecule has 7 heteroatoms. The van der Waals surface area contributed by atoms with Gasteiger partial charge in [-0.2, -0.15) is 0 Å². The number of nitrogens with zero attached hydrogens (tertiary/aromatic N) is 1. The van der Waals surface area contributed by atoms with E-state index in [4.69, 9.17) is 34.2 Å². The van der Waals surface area contributed by atoms with E-state index >= 15 is 0 Å². The predicted molar refractivity (Wildman–Crippen MR) is 142 cm³/mol. The molecule has 33 heavy (non-hydrogen) atoms. The number of thiazole rings is 1. The molecule has 2 atom stereocenters. The first kappa shape index (κ1) is 23.3. The third kappa shape index (κ3) is 4.76. The second-order valence-corrected chi connectivity index (χ2v) is 9.71. The van der Waals surface area contributed by atoms with Gasteiger partial charge in [0.15, 0.2) is 10.1 Å². The lowest BCUT2D eigenvalue weighted by Gasteiger charge is -2.37. The summed E-state index contributed by atoms with van der Waals surface area (Å²) < 4.78 is 6.27. The quantitative estimate of drug-likeness (QED) is 0.263. The average molecular weight is 494 g/mol. The molecule has 4 nitrogen and oxygen atoms in total. The Kier molecular flexibility index (Phi) is 7.02. The monoisotopic (exact) mass is 493 g/mol. The van der Waals surface area contributed by atoms with Crippen molar-refractivity contribution in [2.24, 2.45) is 5.92 Å². The van der Waals surface area contributed by atoms with E-state index in [-0.39, 0.29) is 10.1 Å². The fourth-order valence-corrected chi connectivity index (χ4v) is 6.03. The van der Waals surface area contributed by atoms with Crippen molar-refractivity contribution in [3.05, 3.63) is 95.0 Å². The molecule has 0 amide bonds. The lowest BCUT2D eigenvalue weighted by atomic mass is 9.69. The van der Waals surface area contributed by atoms with Crippen molar-refractivity contribution in [2.45, 2.75) is 18.3 Å². The zero-order valence-electron chi connectivity index (χ0n) is 18.0. The number of rotatable bonds is 9. The summed E-state index contributed by atoms with van der Waals surface area (Å²) in [6, 6.07) is 25.2. The van der Waals surface area contributed by atoms with Gasteiger partial charge in [-0.15, -0.1) is 11.3 Å². The van der Waals surface area contributed by atoms with Crippen molar-refractivity contribution in [3.63, 3.8) is 0 Å². The minimum Gasteiger partial charge on any atom is -0.502 e. The molecule has 0 fully saturated rings. The molecular formula is C26H23NO3S3. The molecular weight excluding hydrogens is 470 g/mol. The van der Waals surface area contributed by atoms with E-state index in [1.54, 1.807) is 7.11 Å². The van der Waals surface area contributed by atoms with Crippen molar-refractivity contribution < 1.29 is 14.9 Å². The molecule has 1 aromatic heterocycles. The Bertz CT molecular complexity index is 1270. The summed E-state index contributed by atoms with van der Waals surface area (Å²) in [5.74, 6) is 0.0616. The van der Waals surface area contributed by atoms with Gasteiger partial charge in [-0.25, -0.2) is 4.98 Å². The van der Waals surface area contributed by atoms with Crippen molar-refractivity contribution in [3.8, 4) is 5.75 Å². The van der Waals surface area contributed by atoms with Crippen LogP contribution in [0.25, 0.3) is 10.2 Å². The molecule has 0 aliphatic rings. The van der Waals surface area contributed by atoms with Crippen LogP contribution >= 0.6 is 35.8 Å². The van der Waals surface area contributed by atoms with Gasteiger partial charge in [-0.1, -0.05) is 60.7 Å². The Morgan fingerprint density at radius 2 is 1.61 bits per heavy atom. The summed E-state index contributed by atoms with van der Waals surface area (Å²) in [7, 11) is 1.62. The standard InChI is InChI=1S/C26H23NO3S3/c1-30-19-12-13-21-22(15-19)33-24(27-21)26(25(29)32,16-18-10-6-3-7-11-18)20(23(28)31)14-17-8-4-2-5-9-17/h2-13,15,20H,14,16H2,1H3,(H,28,31)(H,29,32). The van der Waals surface area contributed by atoms with Crippen LogP contribution in [-0.4, -0.2) is 32.4 Å². The maximum Gasteiger partial charge on any atom is 0.170 e. The van der Waals surface area contributed by atoms with Crippen LogP contribution in [0.2, 0.25) is 0 Å². The molecule has 0 aliphatic heterocycles. The Labute approximate surface area is 207 Å². The molecule has 1 heterocycles. The number of aliphatic hydroxyl groups excluding tert-OH is 2. The first-order chi connectivity index (χ1) is 15.9. The van der Waals surface area contributed by atoms with Gasteiger partial charge in [-0.3, -0.25) is 0 Å². The zero-order chi connectivity index (χ0) is 23.4. The summed E-state index contributed by atoms with van der Waals surface area (Å²) in [6.45, 7) is 0. The Morgan fingerprint density at radius 3 is 2.18 bits per heavy atom. The van der Waals surface area contributed by atoms with Gasteiger partial charge < -0.3 is 14.9 Å². The van der Waals surface area contributed by atoms with Crippen LogP contribution in [0.5, 0.6) is 5.75 Å². The normalized spacial score (nSPS) is 13.8. The SMILES string of the molecule is COc1ccc2nc(C(Cc3ccccc3)(C(O)=S)C(Cc3ccccc3)C(O)=S)sc2c1. The number of aliphatic hydroxyl groups is 2. The fraction of sp³-hybridized carbons (Fsp3) is 0.192. The van der Waals surface area contributed by atoms with Gasteiger partial charge >= 0.3 is 0 Å². The lowest BCUT2D eigenvalue weighted by molar-refractivity contribution is 0.346. The molecule has 0 bridgehead atoms. The van der Waals surface area contributed by atoms with E-state index in [2.05, 4.69) is 0 Å². The van der Waals surface area contributed by atoms with Crippen LogP contribution in [0.3, 0.4) is 0 Å². The molecule has 168 valence electrons. The smallest absolute Gasteiger partial charge is 0.170 e. The van der Waals surface area contributed by atoms with E-state index in [0.717, 1.165) is 27.1 Å². The Balaban J connectivity index is 1.93. The molecule has 0 spiro atoms. The van der Waals surface area contributed by atoms with Gasteiger partial charge in [0.25, 0.3) is 0 Å². The molecule has 0 saturated heterocycles. The number of hydrogen-bond donors (Lipinski definition) is 2. The van der Waals surface area contributed by atoms with Crippen LogP contribution in [0.4, 0.5) is 0 Å². The van der Waals surface area contributed by atoms with Gasteiger partial charge in [0.1, 0.15) is 16.2 Å². The minimum atomic E-state index is -1.19. The highest BCUT2D eigenvalue weighted by atomic mass is 32.1. The van der Waals surface area contributed by atoms with Gasteiger partial charge in [0.2, 0.25) is 0 Å². The van der Waals surface area contributed by atoms with E-state index in [1.807, 2.05) is 78.9 Å². The van der Waals surface area contributed by atoms with Crippen LogP contribution < -0.4 is 4.74 Å². The fourth-order valence-electron chi connectivity index (χ4n) is 4.13. The maximum atomic E-state index is 11.1. The molecule has 2 unspecified atom stereocenters. The highest BCUT2D eigenvalue weighted by Gasteiger charge is 2.49. The maximum absolute atomic E-state index is 11.1. The third-order valence-electron chi connectivity index (χ3n) is 5.86. The summed E-state index contributed by atoms with van der Waals surface area (Å²) in [5, 5.41) is 22.0. The summed E-state index contributed by atoms with van der Waals surface area (Å²) >= 11 is 12.3. The molecule has 4 aromatic rings. The second kappa shape index (κ2) is 9.95. The van der Waals surface area contributed by atoms with Crippen LogP contribution in [-0.2, 0) is 18.3 Å². The van der Waals surface area contributed by atoms with Crippen LogP contribution in [0.1, 0.15) is 16.1 Å². The number of benzene rings is 3. The first-order valence-corrected chi connectivity index (χ1v) is 12.1. The highest BCUT2D eigenvalue weighted by molar-refractivity contribution is 7.80. The van der Waals surface area contributed by atoms with Crippen molar-refractivity contribution in [1.82, 2.24) is 4.98 Å². The number of ether oxygens (including phenoxy) is 1. The molecule has 0 radical (unpaired) electrons. The van der Waals surface area contributed by atoms with Crippen LogP contribution in [0, 0.1) is 5.92 Å². The zero-order valence-corrected chi connectivity index (χ0v) is 20.4.